The first-order valence-corrected chi connectivity index (χ1v) is 7.17. The van der Waals surface area contributed by atoms with Gasteiger partial charge in [-0.05, 0) is 12.1 Å². The lowest BCUT2D eigenvalue weighted by atomic mass is 10.3. The second-order valence-corrected chi connectivity index (χ2v) is 5.43. The van der Waals surface area contributed by atoms with Crippen LogP contribution in [0.4, 0.5) is 11.4 Å². The summed E-state index contributed by atoms with van der Waals surface area (Å²) in [6.45, 7) is 0. The van der Waals surface area contributed by atoms with Gasteiger partial charge >= 0.3 is 0 Å². The van der Waals surface area contributed by atoms with Gasteiger partial charge in [-0.3, -0.25) is 14.9 Å². The maximum absolute atomic E-state index is 11.8. The normalized spacial score (nSPS) is 10.4. The van der Waals surface area contributed by atoms with Gasteiger partial charge in [0.2, 0.25) is 5.91 Å². The molecular weight excluding hydrogens is 316 g/mol. The molecule has 21 heavy (non-hydrogen) atoms. The number of nitro benzene ring substituents is 1. The largest absolute Gasteiger partial charge is 0.329 e. The molecule has 0 saturated carbocycles. The number of aryl methyl sites for hydroxylation is 1. The number of nitrogens with one attached hydrogen (secondary N) is 1. The van der Waals surface area contributed by atoms with Crippen molar-refractivity contribution in [1.29, 1.82) is 0 Å². The number of carbonyl (C=O) groups is 1. The molecule has 1 N–H and O–H groups in total. The Morgan fingerprint density at radius 2 is 2.33 bits per heavy atom. The van der Waals surface area contributed by atoms with E-state index in [1.165, 1.54) is 30.0 Å². The van der Waals surface area contributed by atoms with Gasteiger partial charge in [0, 0.05) is 31.2 Å². The number of anilines is 1. The summed E-state index contributed by atoms with van der Waals surface area (Å²) in [4.78, 5) is 26.1. The smallest absolute Gasteiger partial charge is 0.289 e. The van der Waals surface area contributed by atoms with Crippen LogP contribution in [0.15, 0.2) is 35.7 Å². The summed E-state index contributed by atoms with van der Waals surface area (Å²) in [5.74, 6) is -0.124. The van der Waals surface area contributed by atoms with Crippen molar-refractivity contribution in [3.05, 3.63) is 45.7 Å². The molecule has 0 radical (unpaired) electrons. The van der Waals surface area contributed by atoms with E-state index in [4.69, 9.17) is 11.6 Å². The van der Waals surface area contributed by atoms with Crippen LogP contribution in [0.1, 0.15) is 0 Å². The number of benzene rings is 1. The van der Waals surface area contributed by atoms with Crippen LogP contribution in [0.3, 0.4) is 0 Å². The molecule has 7 nitrogen and oxygen atoms in total. The molecule has 1 amide bonds. The zero-order valence-electron chi connectivity index (χ0n) is 10.9. The lowest BCUT2D eigenvalue weighted by Crippen LogP contribution is -2.14. The summed E-state index contributed by atoms with van der Waals surface area (Å²) >= 11 is 6.98. The quantitative estimate of drug-likeness (QED) is 0.518. The number of nitro groups is 1. The Morgan fingerprint density at radius 3 is 2.95 bits per heavy atom. The lowest BCUT2D eigenvalue weighted by molar-refractivity contribution is -0.384. The van der Waals surface area contributed by atoms with Crippen molar-refractivity contribution in [3.8, 4) is 0 Å². The van der Waals surface area contributed by atoms with Crippen LogP contribution < -0.4 is 5.32 Å². The predicted octanol–water partition coefficient (Wildman–Crippen LogP) is 2.71. The zero-order valence-corrected chi connectivity index (χ0v) is 12.5. The summed E-state index contributed by atoms with van der Waals surface area (Å²) < 4.78 is 1.80. The van der Waals surface area contributed by atoms with Crippen LogP contribution >= 0.6 is 23.4 Å². The number of halogens is 1. The fraction of sp³-hybridized carbons (Fsp3) is 0.167. The van der Waals surface area contributed by atoms with Gasteiger partial charge in [0.05, 0.1) is 10.7 Å². The third-order valence-corrected chi connectivity index (χ3v) is 3.91. The van der Waals surface area contributed by atoms with Gasteiger partial charge in [0.25, 0.3) is 5.69 Å². The molecule has 0 aliphatic rings. The summed E-state index contributed by atoms with van der Waals surface area (Å²) in [5, 5.41) is 14.1. The maximum Gasteiger partial charge on any atom is 0.289 e. The number of nitrogens with zero attached hydrogens (tertiary/aromatic N) is 3. The molecule has 0 aliphatic heterocycles. The molecule has 1 aromatic carbocycles. The minimum absolute atomic E-state index is 0.0281. The first kappa shape index (κ1) is 15.3. The van der Waals surface area contributed by atoms with Crippen molar-refractivity contribution in [2.24, 2.45) is 7.05 Å². The zero-order chi connectivity index (χ0) is 15.4. The fourth-order valence-electron chi connectivity index (χ4n) is 1.55. The molecule has 2 aromatic rings. The minimum Gasteiger partial charge on any atom is -0.329 e. The van der Waals surface area contributed by atoms with E-state index < -0.39 is 4.92 Å². The first-order chi connectivity index (χ1) is 9.97. The van der Waals surface area contributed by atoms with E-state index in [-0.39, 0.29) is 22.4 Å². The Hall–Kier alpha value is -2.06. The van der Waals surface area contributed by atoms with E-state index >= 15 is 0 Å². The number of imidazole rings is 1. The molecule has 0 saturated heterocycles. The Balaban J connectivity index is 1.98. The van der Waals surface area contributed by atoms with E-state index in [1.54, 1.807) is 17.0 Å². The Bertz CT molecular complexity index is 689. The van der Waals surface area contributed by atoms with E-state index in [0.717, 1.165) is 0 Å². The van der Waals surface area contributed by atoms with Gasteiger partial charge in [-0.15, -0.1) is 0 Å². The van der Waals surface area contributed by atoms with Crippen molar-refractivity contribution in [2.75, 3.05) is 11.1 Å². The number of amides is 1. The fourth-order valence-corrected chi connectivity index (χ4v) is 2.47. The first-order valence-electron chi connectivity index (χ1n) is 5.81. The van der Waals surface area contributed by atoms with Crippen molar-refractivity contribution < 1.29 is 9.72 Å². The van der Waals surface area contributed by atoms with Crippen molar-refractivity contribution >= 4 is 40.6 Å². The molecule has 0 spiro atoms. The van der Waals surface area contributed by atoms with Crippen molar-refractivity contribution in [2.45, 2.75) is 5.16 Å². The molecule has 1 heterocycles. The van der Waals surface area contributed by atoms with E-state index in [1.807, 2.05) is 7.05 Å². The standard InChI is InChI=1S/C12H11ClN4O3S/c1-16-5-4-14-12(16)21-7-11(18)15-8-2-3-9(13)10(6-8)17(19)20/h2-6H,7H2,1H3,(H,15,18). The highest BCUT2D eigenvalue weighted by Gasteiger charge is 2.14. The summed E-state index contributed by atoms with van der Waals surface area (Å²) in [7, 11) is 1.83. The molecule has 2 rings (SSSR count). The molecule has 110 valence electrons. The SMILES string of the molecule is Cn1ccnc1SCC(=O)Nc1ccc(Cl)c([N+](=O)[O-])c1. The monoisotopic (exact) mass is 326 g/mol. The maximum atomic E-state index is 11.8. The molecule has 0 fully saturated rings. The second-order valence-electron chi connectivity index (χ2n) is 4.08. The van der Waals surface area contributed by atoms with Crippen LogP contribution in [0.25, 0.3) is 0 Å². The van der Waals surface area contributed by atoms with Gasteiger partial charge in [-0.1, -0.05) is 23.4 Å². The second kappa shape index (κ2) is 6.59. The Morgan fingerprint density at radius 1 is 1.57 bits per heavy atom. The summed E-state index contributed by atoms with van der Waals surface area (Å²) in [5.41, 5.74) is 0.0859. The van der Waals surface area contributed by atoms with E-state index in [2.05, 4.69) is 10.3 Å². The Kier molecular flexibility index (Phi) is 4.81. The van der Waals surface area contributed by atoms with Gasteiger partial charge in [0.1, 0.15) is 5.02 Å². The molecular formula is C12H11ClN4O3S. The topological polar surface area (TPSA) is 90.1 Å². The average molecular weight is 327 g/mol. The van der Waals surface area contributed by atoms with Crippen LogP contribution in [-0.4, -0.2) is 26.1 Å². The van der Waals surface area contributed by atoms with Crippen molar-refractivity contribution in [3.63, 3.8) is 0 Å². The highest BCUT2D eigenvalue weighted by molar-refractivity contribution is 7.99. The third kappa shape index (κ3) is 3.96. The number of hydrogen-bond donors (Lipinski definition) is 1. The van der Waals surface area contributed by atoms with E-state index in [0.29, 0.717) is 10.8 Å². The molecule has 0 atom stereocenters. The number of rotatable bonds is 5. The van der Waals surface area contributed by atoms with Crippen molar-refractivity contribution in [1.82, 2.24) is 9.55 Å². The highest BCUT2D eigenvalue weighted by atomic mass is 35.5. The summed E-state index contributed by atoms with van der Waals surface area (Å²) in [6, 6.07) is 4.12. The number of hydrogen-bond acceptors (Lipinski definition) is 5. The minimum atomic E-state index is -0.597. The van der Waals surface area contributed by atoms with Crippen LogP contribution in [0, 0.1) is 10.1 Å². The predicted molar refractivity (Wildman–Crippen MR) is 80.7 cm³/mol. The lowest BCUT2D eigenvalue weighted by Gasteiger charge is -2.05. The van der Waals surface area contributed by atoms with E-state index in [9.17, 15) is 14.9 Å². The van der Waals surface area contributed by atoms with Crippen LogP contribution in [0.2, 0.25) is 5.02 Å². The molecule has 1 aromatic heterocycles. The van der Waals surface area contributed by atoms with Gasteiger partial charge in [0.15, 0.2) is 5.16 Å². The third-order valence-electron chi connectivity index (χ3n) is 2.54. The number of aromatic nitrogens is 2. The molecule has 0 aliphatic carbocycles. The molecule has 0 unspecified atom stereocenters. The van der Waals surface area contributed by atoms with Crippen LogP contribution in [0.5, 0.6) is 0 Å². The van der Waals surface area contributed by atoms with Crippen LogP contribution in [-0.2, 0) is 11.8 Å². The Labute approximate surface area is 129 Å². The molecule has 9 heteroatoms. The number of carbonyl (C=O) groups excluding carboxylic acids is 1. The highest BCUT2D eigenvalue weighted by Crippen LogP contribution is 2.27. The number of thioether (sulfide) groups is 1. The van der Waals surface area contributed by atoms with Gasteiger partial charge in [-0.25, -0.2) is 4.98 Å². The van der Waals surface area contributed by atoms with Gasteiger partial charge < -0.3 is 9.88 Å². The summed E-state index contributed by atoms with van der Waals surface area (Å²) in [6.07, 6.45) is 3.42. The average Bonchev–Trinajstić information content (AvgIpc) is 2.84. The van der Waals surface area contributed by atoms with Gasteiger partial charge in [-0.2, -0.15) is 0 Å². The molecule has 0 bridgehead atoms.